The van der Waals surface area contributed by atoms with Gasteiger partial charge in [-0.1, -0.05) is 35.9 Å². The molecule has 0 bridgehead atoms. The number of fused-ring (bicyclic) bond motifs is 1. The molecule has 0 saturated heterocycles. The maximum Gasteiger partial charge on any atom is 0.161 e. The Hall–Kier alpha value is -1.67. The van der Waals surface area contributed by atoms with Crippen molar-refractivity contribution in [3.63, 3.8) is 0 Å². The van der Waals surface area contributed by atoms with Crippen LogP contribution in [0.3, 0.4) is 0 Å². The number of benzene rings is 2. The van der Waals surface area contributed by atoms with E-state index in [0.717, 1.165) is 29.9 Å². The maximum atomic E-state index is 6.58. The first-order chi connectivity index (χ1) is 10.2. The van der Waals surface area contributed by atoms with E-state index in [2.05, 4.69) is 31.2 Å². The van der Waals surface area contributed by atoms with Gasteiger partial charge in [0.1, 0.15) is 0 Å². The van der Waals surface area contributed by atoms with Crippen LogP contribution in [-0.2, 0) is 6.42 Å². The van der Waals surface area contributed by atoms with Crippen LogP contribution in [0, 0.1) is 6.92 Å². The van der Waals surface area contributed by atoms with Crippen molar-refractivity contribution in [1.82, 2.24) is 0 Å². The zero-order valence-corrected chi connectivity index (χ0v) is 12.9. The highest BCUT2D eigenvalue weighted by molar-refractivity contribution is 6.21. The predicted molar refractivity (Wildman–Crippen MR) is 85.5 cm³/mol. The molecule has 3 rings (SSSR count). The van der Waals surface area contributed by atoms with E-state index >= 15 is 0 Å². The van der Waals surface area contributed by atoms with Crippen molar-refractivity contribution in [3.8, 4) is 11.5 Å². The molecule has 0 N–H and O–H groups in total. The number of alkyl halides is 1. The summed E-state index contributed by atoms with van der Waals surface area (Å²) in [5, 5.41) is -0.0658. The highest BCUT2D eigenvalue weighted by Gasteiger charge is 2.15. The Kier molecular flexibility index (Phi) is 4.35. The molecule has 1 atom stereocenters. The number of ether oxygens (including phenoxy) is 2. The minimum atomic E-state index is -0.0658. The Bertz CT molecular complexity index is 624. The van der Waals surface area contributed by atoms with Crippen LogP contribution in [0.25, 0.3) is 0 Å². The zero-order valence-electron chi connectivity index (χ0n) is 12.1. The topological polar surface area (TPSA) is 18.5 Å². The van der Waals surface area contributed by atoms with Gasteiger partial charge in [-0.15, -0.1) is 11.6 Å². The molecule has 0 aromatic heterocycles. The summed E-state index contributed by atoms with van der Waals surface area (Å²) >= 11 is 6.58. The molecule has 1 aliphatic rings. The number of aryl methyl sites for hydroxylation is 1. The highest BCUT2D eigenvalue weighted by Crippen LogP contribution is 2.35. The van der Waals surface area contributed by atoms with Gasteiger partial charge in [-0.2, -0.15) is 0 Å². The summed E-state index contributed by atoms with van der Waals surface area (Å²) in [6.45, 7) is 3.50. The van der Waals surface area contributed by atoms with E-state index in [1.807, 2.05) is 18.2 Å². The molecule has 0 spiro atoms. The van der Waals surface area contributed by atoms with Crippen LogP contribution in [0.15, 0.2) is 42.5 Å². The van der Waals surface area contributed by atoms with E-state index in [1.54, 1.807) is 0 Å². The second kappa shape index (κ2) is 6.40. The van der Waals surface area contributed by atoms with E-state index in [9.17, 15) is 0 Å². The van der Waals surface area contributed by atoms with Crippen LogP contribution in [-0.4, -0.2) is 13.2 Å². The molecule has 1 aliphatic heterocycles. The Morgan fingerprint density at radius 1 is 1.05 bits per heavy atom. The average Bonchev–Trinajstić information content (AvgIpc) is 2.71. The SMILES string of the molecule is Cc1cccc(CC(Cl)c2ccc3c(c2)OCCCO3)c1. The predicted octanol–water partition coefficient (Wildman–Crippen LogP) is 4.68. The van der Waals surface area contributed by atoms with Gasteiger partial charge in [0.05, 0.1) is 18.6 Å². The minimum Gasteiger partial charge on any atom is -0.490 e. The largest absolute Gasteiger partial charge is 0.490 e. The highest BCUT2D eigenvalue weighted by atomic mass is 35.5. The monoisotopic (exact) mass is 302 g/mol. The number of halogens is 1. The Morgan fingerprint density at radius 3 is 2.67 bits per heavy atom. The molecule has 0 fully saturated rings. The van der Waals surface area contributed by atoms with E-state index in [-0.39, 0.29) is 5.38 Å². The number of hydrogen-bond donors (Lipinski definition) is 0. The van der Waals surface area contributed by atoms with Crippen LogP contribution in [0.1, 0.15) is 28.5 Å². The molecule has 0 aliphatic carbocycles. The quantitative estimate of drug-likeness (QED) is 0.767. The van der Waals surface area contributed by atoms with Crippen molar-refractivity contribution in [2.45, 2.75) is 25.1 Å². The van der Waals surface area contributed by atoms with Crippen LogP contribution < -0.4 is 9.47 Å². The van der Waals surface area contributed by atoms with Crippen molar-refractivity contribution in [3.05, 3.63) is 59.2 Å². The third kappa shape index (κ3) is 3.51. The minimum absolute atomic E-state index is 0.0658. The molecule has 110 valence electrons. The van der Waals surface area contributed by atoms with E-state index in [4.69, 9.17) is 21.1 Å². The fraction of sp³-hybridized carbons (Fsp3) is 0.333. The Labute approximate surface area is 130 Å². The third-order valence-electron chi connectivity index (χ3n) is 3.63. The molecule has 0 saturated carbocycles. The lowest BCUT2D eigenvalue weighted by Gasteiger charge is -2.14. The normalized spacial score (nSPS) is 15.3. The van der Waals surface area contributed by atoms with Crippen molar-refractivity contribution in [2.24, 2.45) is 0 Å². The number of hydrogen-bond acceptors (Lipinski definition) is 2. The van der Waals surface area contributed by atoms with Gasteiger partial charge in [0.25, 0.3) is 0 Å². The van der Waals surface area contributed by atoms with Crippen LogP contribution in [0.4, 0.5) is 0 Å². The van der Waals surface area contributed by atoms with Crippen LogP contribution in [0.2, 0.25) is 0 Å². The average molecular weight is 303 g/mol. The Balaban J connectivity index is 1.78. The molecule has 2 aromatic carbocycles. The fourth-order valence-electron chi connectivity index (χ4n) is 2.54. The second-order valence-electron chi connectivity index (χ2n) is 5.42. The van der Waals surface area contributed by atoms with Crippen LogP contribution in [0.5, 0.6) is 11.5 Å². The lowest BCUT2D eigenvalue weighted by Crippen LogP contribution is -1.98. The smallest absolute Gasteiger partial charge is 0.161 e. The van der Waals surface area contributed by atoms with Crippen LogP contribution >= 0.6 is 11.6 Å². The van der Waals surface area contributed by atoms with Gasteiger partial charge in [0.15, 0.2) is 11.5 Å². The molecular weight excluding hydrogens is 284 g/mol. The first-order valence-electron chi connectivity index (χ1n) is 7.31. The summed E-state index contributed by atoms with van der Waals surface area (Å²) < 4.78 is 11.4. The molecule has 2 nitrogen and oxygen atoms in total. The number of rotatable bonds is 3. The van der Waals surface area contributed by atoms with Gasteiger partial charge in [0, 0.05) is 6.42 Å². The fourth-order valence-corrected chi connectivity index (χ4v) is 2.85. The summed E-state index contributed by atoms with van der Waals surface area (Å²) in [4.78, 5) is 0. The molecular formula is C18H19ClO2. The summed E-state index contributed by atoms with van der Waals surface area (Å²) in [5.74, 6) is 1.62. The van der Waals surface area contributed by atoms with Crippen molar-refractivity contribution < 1.29 is 9.47 Å². The molecule has 1 unspecified atom stereocenters. The molecule has 0 amide bonds. The first-order valence-corrected chi connectivity index (χ1v) is 7.75. The second-order valence-corrected chi connectivity index (χ2v) is 5.94. The standard InChI is InChI=1S/C18H19ClO2/c1-13-4-2-5-14(10-13)11-16(19)15-6-7-17-18(12-15)21-9-3-8-20-17/h2,4-7,10,12,16H,3,8-9,11H2,1H3. The molecule has 0 radical (unpaired) electrons. The maximum absolute atomic E-state index is 6.58. The molecule has 21 heavy (non-hydrogen) atoms. The zero-order chi connectivity index (χ0) is 14.7. The summed E-state index contributed by atoms with van der Waals surface area (Å²) in [6, 6.07) is 14.5. The summed E-state index contributed by atoms with van der Waals surface area (Å²) in [7, 11) is 0. The lowest BCUT2D eigenvalue weighted by atomic mass is 10.0. The van der Waals surface area contributed by atoms with Gasteiger partial charge < -0.3 is 9.47 Å². The Morgan fingerprint density at radius 2 is 1.86 bits per heavy atom. The van der Waals surface area contributed by atoms with Gasteiger partial charge in [-0.05, 0) is 36.6 Å². The lowest BCUT2D eigenvalue weighted by molar-refractivity contribution is 0.297. The van der Waals surface area contributed by atoms with Crippen molar-refractivity contribution in [2.75, 3.05) is 13.2 Å². The molecule has 1 heterocycles. The van der Waals surface area contributed by atoms with Gasteiger partial charge >= 0.3 is 0 Å². The summed E-state index contributed by atoms with van der Waals surface area (Å²) in [5.41, 5.74) is 3.58. The van der Waals surface area contributed by atoms with E-state index in [1.165, 1.54) is 11.1 Å². The van der Waals surface area contributed by atoms with Gasteiger partial charge in [-0.25, -0.2) is 0 Å². The molecule has 3 heteroatoms. The third-order valence-corrected chi connectivity index (χ3v) is 4.04. The molecule has 2 aromatic rings. The van der Waals surface area contributed by atoms with Gasteiger partial charge in [-0.3, -0.25) is 0 Å². The van der Waals surface area contributed by atoms with Gasteiger partial charge in [0.2, 0.25) is 0 Å². The van der Waals surface area contributed by atoms with Crippen molar-refractivity contribution in [1.29, 1.82) is 0 Å². The summed E-state index contributed by atoms with van der Waals surface area (Å²) in [6.07, 6.45) is 1.72. The first kappa shape index (κ1) is 14.3. The van der Waals surface area contributed by atoms with E-state index < -0.39 is 0 Å². The van der Waals surface area contributed by atoms with Crippen molar-refractivity contribution >= 4 is 11.6 Å². The van der Waals surface area contributed by atoms with E-state index in [0.29, 0.717) is 13.2 Å².